The Morgan fingerprint density at radius 3 is 2.63 bits per heavy atom. The second kappa shape index (κ2) is 8.86. The Labute approximate surface area is 162 Å². The molecule has 6 heteroatoms. The van der Waals surface area contributed by atoms with Gasteiger partial charge in [0.05, 0.1) is 16.7 Å². The Balaban J connectivity index is 1.80. The lowest BCUT2D eigenvalue weighted by Gasteiger charge is -2.13. The molecule has 0 spiro atoms. The van der Waals surface area contributed by atoms with Gasteiger partial charge >= 0.3 is 0 Å². The highest BCUT2D eigenvalue weighted by molar-refractivity contribution is 7.99. The lowest BCUT2D eigenvalue weighted by Crippen LogP contribution is -2.24. The molecular formula is C21H23N3O2S. The monoisotopic (exact) mass is 381 g/mol. The number of benzene rings is 2. The predicted molar refractivity (Wildman–Crippen MR) is 111 cm³/mol. The number of amides is 1. The Morgan fingerprint density at radius 2 is 1.85 bits per heavy atom. The Morgan fingerprint density at radius 1 is 1.11 bits per heavy atom. The molecule has 1 amide bonds. The molecule has 27 heavy (non-hydrogen) atoms. The van der Waals surface area contributed by atoms with Crippen LogP contribution in [-0.4, -0.2) is 21.2 Å². The topological polar surface area (TPSA) is 64.0 Å². The summed E-state index contributed by atoms with van der Waals surface area (Å²) in [4.78, 5) is 29.8. The van der Waals surface area contributed by atoms with Crippen LogP contribution in [0.5, 0.6) is 0 Å². The van der Waals surface area contributed by atoms with Crippen molar-refractivity contribution < 1.29 is 4.79 Å². The normalized spacial score (nSPS) is 10.9. The molecule has 0 saturated carbocycles. The largest absolute Gasteiger partial charge is 0.325 e. The number of thioether (sulfide) groups is 1. The van der Waals surface area contributed by atoms with Gasteiger partial charge in [-0.3, -0.25) is 14.2 Å². The maximum absolute atomic E-state index is 12.8. The number of aromatic nitrogens is 2. The van der Waals surface area contributed by atoms with Gasteiger partial charge in [-0.25, -0.2) is 4.98 Å². The van der Waals surface area contributed by atoms with E-state index in [1.165, 1.54) is 11.8 Å². The van der Waals surface area contributed by atoms with Gasteiger partial charge in [-0.15, -0.1) is 0 Å². The summed E-state index contributed by atoms with van der Waals surface area (Å²) < 4.78 is 1.67. The minimum absolute atomic E-state index is 0.0540. The first-order chi connectivity index (χ1) is 13.1. The summed E-state index contributed by atoms with van der Waals surface area (Å²) in [6.45, 7) is 4.66. The van der Waals surface area contributed by atoms with E-state index in [9.17, 15) is 9.59 Å². The number of rotatable bonds is 7. The fraction of sp³-hybridized carbons (Fsp3) is 0.286. The lowest BCUT2D eigenvalue weighted by molar-refractivity contribution is -0.113. The van der Waals surface area contributed by atoms with Gasteiger partial charge in [0.1, 0.15) is 0 Å². The summed E-state index contributed by atoms with van der Waals surface area (Å²) in [6.07, 6.45) is 1.68. The van der Waals surface area contributed by atoms with Crippen molar-refractivity contribution in [2.75, 3.05) is 11.1 Å². The third kappa shape index (κ3) is 4.39. The molecule has 0 aliphatic carbocycles. The second-order valence-electron chi connectivity index (χ2n) is 6.22. The number of hydrogen-bond donors (Lipinski definition) is 1. The molecule has 1 aromatic heterocycles. The minimum Gasteiger partial charge on any atom is -0.325 e. The number of nitrogens with one attached hydrogen (secondary N) is 1. The summed E-state index contributed by atoms with van der Waals surface area (Å²) in [7, 11) is 0. The number of para-hydroxylation sites is 2. The van der Waals surface area contributed by atoms with Crippen LogP contribution in [0.15, 0.2) is 58.5 Å². The Kier molecular flexibility index (Phi) is 6.29. The average Bonchev–Trinajstić information content (AvgIpc) is 2.69. The van der Waals surface area contributed by atoms with Crippen LogP contribution in [-0.2, 0) is 17.8 Å². The van der Waals surface area contributed by atoms with Gasteiger partial charge in [-0.05, 0) is 36.6 Å². The molecule has 0 radical (unpaired) electrons. The number of carbonyl (C=O) groups excluding carboxylic acids is 1. The molecule has 0 saturated heterocycles. The zero-order valence-corrected chi connectivity index (χ0v) is 16.4. The standard InChI is InChI=1S/C21H23N3O2S/c1-3-13-24-20(26)16-10-6-8-12-18(16)23-21(24)27-14-19(25)22-17-11-7-5-9-15(17)4-2/h5-12H,3-4,13-14H2,1-2H3,(H,22,25). The van der Waals surface area contributed by atoms with E-state index in [2.05, 4.69) is 17.2 Å². The molecular weight excluding hydrogens is 358 g/mol. The highest BCUT2D eigenvalue weighted by Gasteiger charge is 2.13. The summed E-state index contributed by atoms with van der Waals surface area (Å²) in [5, 5.41) is 4.15. The zero-order valence-electron chi connectivity index (χ0n) is 15.6. The van der Waals surface area contributed by atoms with E-state index in [1.807, 2.05) is 49.4 Å². The highest BCUT2D eigenvalue weighted by Crippen LogP contribution is 2.20. The first-order valence-corrected chi connectivity index (χ1v) is 10.1. The number of aryl methyl sites for hydroxylation is 1. The van der Waals surface area contributed by atoms with Crippen molar-refractivity contribution in [2.24, 2.45) is 0 Å². The Bertz CT molecular complexity index is 1010. The molecule has 2 aromatic carbocycles. The molecule has 1 N–H and O–H groups in total. The SMILES string of the molecule is CCCn1c(SCC(=O)Nc2ccccc2CC)nc2ccccc2c1=O. The van der Waals surface area contributed by atoms with Crippen LogP contribution in [0.1, 0.15) is 25.8 Å². The molecule has 1 heterocycles. The molecule has 0 unspecified atom stereocenters. The number of hydrogen-bond acceptors (Lipinski definition) is 4. The van der Waals surface area contributed by atoms with Crippen molar-refractivity contribution in [2.45, 2.75) is 38.4 Å². The molecule has 3 aromatic rings. The molecule has 3 rings (SSSR count). The quantitative estimate of drug-likeness (QED) is 0.494. The molecule has 0 fully saturated rings. The number of anilines is 1. The van der Waals surface area contributed by atoms with E-state index in [-0.39, 0.29) is 17.2 Å². The van der Waals surface area contributed by atoms with Gasteiger partial charge in [0, 0.05) is 12.2 Å². The van der Waals surface area contributed by atoms with Crippen molar-refractivity contribution >= 4 is 34.3 Å². The second-order valence-corrected chi connectivity index (χ2v) is 7.16. The van der Waals surface area contributed by atoms with Crippen LogP contribution in [0.3, 0.4) is 0 Å². The van der Waals surface area contributed by atoms with Gasteiger partial charge in [0.2, 0.25) is 5.91 Å². The minimum atomic E-state index is -0.105. The van der Waals surface area contributed by atoms with Gasteiger partial charge in [0.15, 0.2) is 5.16 Å². The van der Waals surface area contributed by atoms with Crippen LogP contribution in [0.25, 0.3) is 10.9 Å². The number of carbonyl (C=O) groups is 1. The predicted octanol–water partition coefficient (Wildman–Crippen LogP) is 4.10. The van der Waals surface area contributed by atoms with E-state index in [4.69, 9.17) is 0 Å². The van der Waals surface area contributed by atoms with Gasteiger partial charge < -0.3 is 5.32 Å². The molecule has 140 valence electrons. The maximum atomic E-state index is 12.8. The number of fused-ring (bicyclic) bond motifs is 1. The average molecular weight is 382 g/mol. The molecule has 5 nitrogen and oxygen atoms in total. The van der Waals surface area contributed by atoms with Crippen LogP contribution in [0.4, 0.5) is 5.69 Å². The fourth-order valence-electron chi connectivity index (χ4n) is 2.95. The third-order valence-corrected chi connectivity index (χ3v) is 5.25. The molecule has 0 aliphatic heterocycles. The Hall–Kier alpha value is -2.60. The summed E-state index contributed by atoms with van der Waals surface area (Å²) in [5.41, 5.74) is 2.54. The molecule has 0 atom stereocenters. The lowest BCUT2D eigenvalue weighted by atomic mass is 10.1. The van der Waals surface area contributed by atoms with Crippen molar-refractivity contribution in [1.82, 2.24) is 9.55 Å². The van der Waals surface area contributed by atoms with Crippen LogP contribution in [0, 0.1) is 0 Å². The van der Waals surface area contributed by atoms with E-state index >= 15 is 0 Å². The fourth-order valence-corrected chi connectivity index (χ4v) is 3.77. The van der Waals surface area contributed by atoms with E-state index < -0.39 is 0 Å². The molecule has 0 bridgehead atoms. The van der Waals surface area contributed by atoms with Crippen LogP contribution < -0.4 is 10.9 Å². The first kappa shape index (κ1) is 19.2. The van der Waals surface area contributed by atoms with E-state index in [0.717, 1.165) is 24.1 Å². The maximum Gasteiger partial charge on any atom is 0.262 e. The first-order valence-electron chi connectivity index (χ1n) is 9.14. The third-order valence-electron chi connectivity index (χ3n) is 4.28. The van der Waals surface area contributed by atoms with Crippen molar-refractivity contribution in [3.63, 3.8) is 0 Å². The smallest absolute Gasteiger partial charge is 0.262 e. The van der Waals surface area contributed by atoms with E-state index in [0.29, 0.717) is 22.6 Å². The van der Waals surface area contributed by atoms with Crippen LogP contribution >= 0.6 is 11.8 Å². The van der Waals surface area contributed by atoms with Gasteiger partial charge in [0.25, 0.3) is 5.56 Å². The van der Waals surface area contributed by atoms with Crippen LogP contribution in [0.2, 0.25) is 0 Å². The summed E-state index contributed by atoms with van der Waals surface area (Å²) in [6, 6.07) is 15.1. The summed E-state index contributed by atoms with van der Waals surface area (Å²) >= 11 is 1.30. The van der Waals surface area contributed by atoms with Gasteiger partial charge in [-0.2, -0.15) is 0 Å². The van der Waals surface area contributed by atoms with Crippen molar-refractivity contribution in [3.05, 3.63) is 64.4 Å². The van der Waals surface area contributed by atoms with E-state index in [1.54, 1.807) is 10.6 Å². The van der Waals surface area contributed by atoms with Crippen molar-refractivity contribution in [1.29, 1.82) is 0 Å². The number of nitrogens with zero attached hydrogens (tertiary/aromatic N) is 2. The van der Waals surface area contributed by atoms with Crippen molar-refractivity contribution in [3.8, 4) is 0 Å². The summed E-state index contributed by atoms with van der Waals surface area (Å²) in [5.74, 6) is 0.0957. The zero-order chi connectivity index (χ0) is 19.2. The van der Waals surface area contributed by atoms with Gasteiger partial charge in [-0.1, -0.05) is 55.9 Å². The highest BCUT2D eigenvalue weighted by atomic mass is 32.2. The molecule has 0 aliphatic rings.